The summed E-state index contributed by atoms with van der Waals surface area (Å²) in [6.07, 6.45) is 6.30. The highest BCUT2D eigenvalue weighted by Crippen LogP contribution is 2.31. The van der Waals surface area contributed by atoms with Crippen LogP contribution in [0.1, 0.15) is 19.3 Å². The van der Waals surface area contributed by atoms with Crippen LogP contribution >= 0.6 is 0 Å². The summed E-state index contributed by atoms with van der Waals surface area (Å²) in [4.78, 5) is 21.9. The molecule has 1 saturated heterocycles. The van der Waals surface area contributed by atoms with E-state index in [2.05, 4.69) is 15.3 Å². The molecule has 5 heteroatoms. The fourth-order valence-corrected chi connectivity index (χ4v) is 2.12. The minimum absolute atomic E-state index is 0.162. The molecule has 1 aromatic rings. The smallest absolute Gasteiger partial charge is 0.225 e. The molecule has 1 aromatic heterocycles. The van der Waals surface area contributed by atoms with E-state index >= 15 is 0 Å². The Morgan fingerprint density at radius 3 is 2.75 bits per heavy atom. The third kappa shape index (κ3) is 1.85. The molecule has 16 heavy (non-hydrogen) atoms. The third-order valence-corrected chi connectivity index (χ3v) is 3.05. The molecule has 0 spiro atoms. The fourth-order valence-electron chi connectivity index (χ4n) is 2.12. The maximum atomic E-state index is 11.7. The van der Waals surface area contributed by atoms with Gasteiger partial charge in [0.2, 0.25) is 11.9 Å². The van der Waals surface area contributed by atoms with Gasteiger partial charge in [0.15, 0.2) is 0 Å². The number of anilines is 1. The molecule has 1 unspecified atom stereocenters. The van der Waals surface area contributed by atoms with Crippen molar-refractivity contribution in [3.8, 4) is 0 Å². The lowest BCUT2D eigenvalue weighted by Crippen LogP contribution is -2.30. The molecular weight excluding hydrogens is 204 g/mol. The van der Waals surface area contributed by atoms with Gasteiger partial charge in [-0.25, -0.2) is 9.97 Å². The van der Waals surface area contributed by atoms with Gasteiger partial charge in [-0.2, -0.15) is 0 Å². The Morgan fingerprint density at radius 1 is 1.31 bits per heavy atom. The minimum atomic E-state index is 0.162. The number of carbonyl (C=O) groups is 1. The molecule has 2 aliphatic rings. The highest BCUT2D eigenvalue weighted by Gasteiger charge is 2.39. The van der Waals surface area contributed by atoms with Gasteiger partial charge in [-0.3, -0.25) is 4.79 Å². The predicted molar refractivity (Wildman–Crippen MR) is 58.8 cm³/mol. The first-order valence-electron chi connectivity index (χ1n) is 5.66. The van der Waals surface area contributed by atoms with Gasteiger partial charge < -0.3 is 10.2 Å². The first kappa shape index (κ1) is 9.57. The zero-order valence-electron chi connectivity index (χ0n) is 8.97. The van der Waals surface area contributed by atoms with Gasteiger partial charge in [-0.15, -0.1) is 0 Å². The van der Waals surface area contributed by atoms with Crippen molar-refractivity contribution >= 4 is 11.9 Å². The summed E-state index contributed by atoms with van der Waals surface area (Å²) < 4.78 is 0. The largest absolute Gasteiger partial charge is 0.349 e. The number of hydrogen-bond acceptors (Lipinski definition) is 4. The zero-order chi connectivity index (χ0) is 11.0. The Bertz CT molecular complexity index is 390. The molecule has 84 valence electrons. The van der Waals surface area contributed by atoms with Crippen molar-refractivity contribution < 1.29 is 4.79 Å². The first-order chi connectivity index (χ1) is 7.83. The van der Waals surface area contributed by atoms with Gasteiger partial charge >= 0.3 is 0 Å². The molecule has 1 atom stereocenters. The van der Waals surface area contributed by atoms with E-state index in [1.165, 1.54) is 12.8 Å². The second kappa shape index (κ2) is 3.73. The molecule has 1 amide bonds. The quantitative estimate of drug-likeness (QED) is 0.809. The van der Waals surface area contributed by atoms with Gasteiger partial charge in [0.25, 0.3) is 0 Å². The van der Waals surface area contributed by atoms with Gasteiger partial charge in [-0.1, -0.05) is 0 Å². The SMILES string of the molecule is O=C1CC(Nc2ncccn2)CN1C1CC1. The van der Waals surface area contributed by atoms with Gasteiger partial charge in [0, 0.05) is 31.4 Å². The fraction of sp³-hybridized carbons (Fsp3) is 0.545. The summed E-state index contributed by atoms with van der Waals surface area (Å²) >= 11 is 0. The number of carbonyl (C=O) groups excluding carboxylic acids is 1. The first-order valence-corrected chi connectivity index (χ1v) is 5.66. The standard InChI is InChI=1S/C11H14N4O/c16-10-6-8(7-15(10)9-2-3-9)14-11-12-4-1-5-13-11/h1,4-5,8-9H,2-3,6-7H2,(H,12,13,14). The Labute approximate surface area is 93.9 Å². The summed E-state index contributed by atoms with van der Waals surface area (Å²) in [7, 11) is 0. The number of likely N-dealkylation sites (tertiary alicyclic amines) is 1. The van der Waals surface area contributed by atoms with E-state index in [1.807, 2.05) is 4.90 Å². The van der Waals surface area contributed by atoms with Gasteiger partial charge in [0.1, 0.15) is 0 Å². The highest BCUT2D eigenvalue weighted by molar-refractivity contribution is 5.80. The van der Waals surface area contributed by atoms with Crippen molar-refractivity contribution in [1.29, 1.82) is 0 Å². The minimum Gasteiger partial charge on any atom is -0.349 e. The van der Waals surface area contributed by atoms with Crippen LogP contribution in [0.25, 0.3) is 0 Å². The molecule has 2 fully saturated rings. The van der Waals surface area contributed by atoms with E-state index in [4.69, 9.17) is 0 Å². The summed E-state index contributed by atoms with van der Waals surface area (Å²) in [6, 6.07) is 2.45. The van der Waals surface area contributed by atoms with Crippen LogP contribution < -0.4 is 5.32 Å². The van der Waals surface area contributed by atoms with E-state index < -0.39 is 0 Å². The summed E-state index contributed by atoms with van der Waals surface area (Å²) in [5.74, 6) is 0.869. The van der Waals surface area contributed by atoms with E-state index in [0.29, 0.717) is 18.4 Å². The summed E-state index contributed by atoms with van der Waals surface area (Å²) in [5.41, 5.74) is 0. The van der Waals surface area contributed by atoms with E-state index in [9.17, 15) is 4.79 Å². The summed E-state index contributed by atoms with van der Waals surface area (Å²) in [6.45, 7) is 0.793. The Balaban J connectivity index is 1.63. The van der Waals surface area contributed by atoms with Crippen molar-refractivity contribution in [3.63, 3.8) is 0 Å². The number of nitrogens with zero attached hydrogens (tertiary/aromatic N) is 3. The number of aromatic nitrogens is 2. The second-order valence-corrected chi connectivity index (χ2v) is 4.40. The van der Waals surface area contributed by atoms with Crippen LogP contribution in [0.2, 0.25) is 0 Å². The van der Waals surface area contributed by atoms with Gasteiger partial charge in [0.05, 0.1) is 6.04 Å². The van der Waals surface area contributed by atoms with Crippen LogP contribution in [0.3, 0.4) is 0 Å². The molecule has 1 saturated carbocycles. The third-order valence-electron chi connectivity index (χ3n) is 3.05. The molecule has 1 aliphatic carbocycles. The van der Waals surface area contributed by atoms with Crippen molar-refractivity contribution in [3.05, 3.63) is 18.5 Å². The molecule has 3 rings (SSSR count). The topological polar surface area (TPSA) is 58.1 Å². The lowest BCUT2D eigenvalue weighted by atomic mass is 10.3. The molecule has 2 heterocycles. The zero-order valence-corrected chi connectivity index (χ0v) is 8.97. The van der Waals surface area contributed by atoms with Crippen LogP contribution in [-0.2, 0) is 4.79 Å². The Hall–Kier alpha value is -1.65. The summed E-state index contributed by atoms with van der Waals surface area (Å²) in [5, 5.41) is 3.20. The van der Waals surface area contributed by atoms with Crippen molar-refractivity contribution in [2.24, 2.45) is 0 Å². The maximum absolute atomic E-state index is 11.7. The number of hydrogen-bond donors (Lipinski definition) is 1. The Morgan fingerprint density at radius 2 is 2.06 bits per heavy atom. The molecule has 0 bridgehead atoms. The maximum Gasteiger partial charge on any atom is 0.225 e. The van der Waals surface area contributed by atoms with Crippen LogP contribution in [0.15, 0.2) is 18.5 Å². The molecule has 0 aromatic carbocycles. The lowest BCUT2D eigenvalue weighted by molar-refractivity contribution is -0.128. The van der Waals surface area contributed by atoms with Crippen LogP contribution in [0.5, 0.6) is 0 Å². The van der Waals surface area contributed by atoms with Crippen LogP contribution in [0.4, 0.5) is 5.95 Å². The van der Waals surface area contributed by atoms with Crippen LogP contribution in [0, 0.1) is 0 Å². The number of amides is 1. The monoisotopic (exact) mass is 218 g/mol. The average molecular weight is 218 g/mol. The molecule has 1 aliphatic heterocycles. The number of nitrogens with one attached hydrogen (secondary N) is 1. The van der Waals surface area contributed by atoms with E-state index in [0.717, 1.165) is 6.54 Å². The van der Waals surface area contributed by atoms with Crippen molar-refractivity contribution in [1.82, 2.24) is 14.9 Å². The molecule has 5 nitrogen and oxygen atoms in total. The van der Waals surface area contributed by atoms with Crippen molar-refractivity contribution in [2.45, 2.75) is 31.3 Å². The number of rotatable bonds is 3. The average Bonchev–Trinajstić information content (AvgIpc) is 3.06. The second-order valence-electron chi connectivity index (χ2n) is 4.40. The van der Waals surface area contributed by atoms with Crippen molar-refractivity contribution in [2.75, 3.05) is 11.9 Å². The molecular formula is C11H14N4O. The van der Waals surface area contributed by atoms with E-state index in [-0.39, 0.29) is 11.9 Å². The van der Waals surface area contributed by atoms with Gasteiger partial charge in [-0.05, 0) is 18.9 Å². The lowest BCUT2D eigenvalue weighted by Gasteiger charge is -2.15. The normalized spacial score (nSPS) is 24.9. The molecule has 1 N–H and O–H groups in total. The highest BCUT2D eigenvalue weighted by atomic mass is 16.2. The van der Waals surface area contributed by atoms with E-state index in [1.54, 1.807) is 18.5 Å². The predicted octanol–water partition coefficient (Wildman–Crippen LogP) is 0.652. The van der Waals surface area contributed by atoms with Crippen LogP contribution in [-0.4, -0.2) is 39.4 Å². The molecule has 0 radical (unpaired) electrons. The Kier molecular flexibility index (Phi) is 2.23.